The van der Waals surface area contributed by atoms with Crippen LogP contribution in [0.3, 0.4) is 0 Å². The van der Waals surface area contributed by atoms with Gasteiger partial charge in [0, 0.05) is 0 Å². The van der Waals surface area contributed by atoms with E-state index in [1.807, 2.05) is 0 Å². The Bertz CT molecular complexity index is 1800. The largest absolute Gasteiger partial charge is 1.00 e. The Morgan fingerprint density at radius 2 is 1.19 bits per heavy atom. The molecule has 0 amide bonds. The first-order chi connectivity index (χ1) is 24.2. The molecule has 0 saturated heterocycles. The van der Waals surface area contributed by atoms with Crippen LogP contribution in [-0.2, 0) is 41.5 Å². The molecule has 2 aliphatic carbocycles. The number of aryl methyl sites for hydroxylation is 4. The predicted octanol–water partition coefficient (Wildman–Crippen LogP) is 7.84. The first kappa shape index (κ1) is 47.8. The summed E-state index contributed by atoms with van der Waals surface area (Å²) in [6, 6.07) is 28.5. The average Bonchev–Trinajstić information content (AvgIpc) is 3.67. The van der Waals surface area contributed by atoms with Crippen LogP contribution in [0.15, 0.2) is 84.5 Å². The van der Waals surface area contributed by atoms with Crippen molar-refractivity contribution in [1.29, 1.82) is 0 Å². The topological polar surface area (TPSA) is 0 Å². The van der Waals surface area contributed by atoms with Crippen molar-refractivity contribution in [3.63, 3.8) is 0 Å². The van der Waals surface area contributed by atoms with Gasteiger partial charge < -0.3 is 24.8 Å². The van der Waals surface area contributed by atoms with Crippen molar-refractivity contribution in [2.45, 2.75) is 133 Å². The summed E-state index contributed by atoms with van der Waals surface area (Å²) in [5.74, 6) is 0.592. The Labute approximate surface area is 357 Å². The third kappa shape index (κ3) is 12.6. The van der Waals surface area contributed by atoms with Gasteiger partial charge in [0.05, 0.1) is 0 Å². The van der Waals surface area contributed by atoms with Gasteiger partial charge in [0.15, 0.2) is 0 Å². The molecule has 2 aliphatic rings. The molecule has 4 aromatic carbocycles. The Hall–Kier alpha value is -2.31. The number of allylic oxidation sites excluding steroid dienone is 4. The van der Waals surface area contributed by atoms with E-state index < -0.39 is 0 Å². The second-order valence-corrected chi connectivity index (χ2v) is 19.5. The molecule has 4 aromatic rings. The van der Waals surface area contributed by atoms with E-state index in [1.165, 1.54) is 119 Å². The second kappa shape index (κ2) is 19.7. The van der Waals surface area contributed by atoms with Gasteiger partial charge in [-0.15, -0.1) is 16.7 Å². The fourth-order valence-electron chi connectivity index (χ4n) is 7.20. The van der Waals surface area contributed by atoms with Gasteiger partial charge in [0.25, 0.3) is 0 Å². The van der Waals surface area contributed by atoms with Crippen molar-refractivity contribution in [1.82, 2.24) is 0 Å². The minimum absolute atomic E-state index is 0. The maximum atomic E-state index is 3.69. The van der Waals surface area contributed by atoms with E-state index in [2.05, 4.69) is 188 Å². The van der Waals surface area contributed by atoms with Crippen LogP contribution < -0.4 is 24.8 Å². The maximum Gasteiger partial charge on any atom is -1.00 e. The van der Waals surface area contributed by atoms with E-state index in [9.17, 15) is 0 Å². The molecule has 0 radical (unpaired) electrons. The van der Waals surface area contributed by atoms with Crippen LogP contribution in [0.2, 0.25) is 0 Å². The van der Waals surface area contributed by atoms with E-state index in [4.69, 9.17) is 0 Å². The molecule has 0 nitrogen and oxygen atoms in total. The fraction of sp³-hybridized carbons (Fsp3) is 0.431. The maximum absolute atomic E-state index is 3.69. The molecule has 6 rings (SSSR count). The summed E-state index contributed by atoms with van der Waals surface area (Å²) in [4.78, 5) is 0. The second-order valence-electron chi connectivity index (χ2n) is 18.2. The van der Waals surface area contributed by atoms with Crippen molar-refractivity contribution in [2.75, 3.05) is 0 Å². The quantitative estimate of drug-likeness (QED) is 0.159. The van der Waals surface area contributed by atoms with Crippen molar-refractivity contribution >= 4 is 3.21 Å². The fourth-order valence-corrected chi connectivity index (χ4v) is 8.02. The third-order valence-corrected chi connectivity index (χ3v) is 11.7. The van der Waals surface area contributed by atoms with Crippen LogP contribution in [0.5, 0.6) is 0 Å². The number of unbranched alkanes of at least 4 members (excludes halogenated alkanes) is 1. The van der Waals surface area contributed by atoms with Gasteiger partial charge in [0.2, 0.25) is 0 Å². The minimum atomic E-state index is 0. The molecule has 0 saturated carbocycles. The SMILES string of the molecule is CCCCC1[C-]=CC(C(C)(C)C)=C1.Cc1[c-]c2c(cc1C(C)(C)C)-c1cc(C(C)(C)C)c(C)cc1C2.Cc1ccc([C](=[Zr+2])c2ccc(C)cc2)cc1.[Cl-].[Cl-]. The van der Waals surface area contributed by atoms with Crippen LogP contribution in [0.1, 0.15) is 144 Å². The van der Waals surface area contributed by atoms with Crippen molar-refractivity contribution in [2.24, 2.45) is 11.3 Å². The number of halogens is 2. The average molecular weight is 839 g/mol. The summed E-state index contributed by atoms with van der Waals surface area (Å²) >= 11 is 1.46. The van der Waals surface area contributed by atoms with E-state index in [-0.39, 0.29) is 35.6 Å². The molecule has 0 N–H and O–H groups in total. The molecule has 0 heterocycles. The Morgan fingerprint density at radius 3 is 1.63 bits per heavy atom. The van der Waals surface area contributed by atoms with Crippen LogP contribution in [0.25, 0.3) is 11.1 Å². The van der Waals surface area contributed by atoms with Crippen molar-refractivity contribution in [3.8, 4) is 11.1 Å². The standard InChI is InChI=1S/C23H29.C15H14.C13H21.2ClH.Zr/c1-14-9-16-11-17-10-15(2)21(23(6,7)8)13-19(17)18(16)12-20(14)22(3,4)5;1-12-3-7-14(8-4-12)11-15-9-5-13(2)6-10-15;1-5-6-7-11-8-9-12(10-11)13(2,3)4;;;/h9,12-13H,11H2,1-8H3;3-10H,1-2H3;9-11H,5-7H2,1-4H3;2*1H;/q-1;;-1;;;+2/p-2. The van der Waals surface area contributed by atoms with E-state index >= 15 is 0 Å². The Morgan fingerprint density at radius 1 is 0.685 bits per heavy atom. The van der Waals surface area contributed by atoms with Crippen LogP contribution in [-0.4, -0.2) is 3.21 Å². The van der Waals surface area contributed by atoms with Gasteiger partial charge >= 0.3 is 112 Å². The zero-order valence-corrected chi connectivity index (χ0v) is 39.6. The molecule has 0 spiro atoms. The molecule has 0 aliphatic heterocycles. The van der Waals surface area contributed by atoms with Gasteiger partial charge in [-0.2, -0.15) is 29.3 Å². The number of hydrogen-bond acceptors (Lipinski definition) is 0. The van der Waals surface area contributed by atoms with Gasteiger partial charge in [-0.3, -0.25) is 6.08 Å². The normalized spacial score (nSPS) is 14.3. The molecule has 0 fully saturated rings. The summed E-state index contributed by atoms with van der Waals surface area (Å²) in [6.07, 6.45) is 12.9. The number of rotatable bonds is 5. The zero-order chi connectivity index (χ0) is 38.6. The molecule has 0 bridgehead atoms. The minimum Gasteiger partial charge on any atom is -1.00 e. The molecule has 54 heavy (non-hydrogen) atoms. The summed E-state index contributed by atoms with van der Waals surface area (Å²) in [5, 5.41) is 0. The molecule has 3 heteroatoms. The summed E-state index contributed by atoms with van der Waals surface area (Å²) < 4.78 is 1.42. The summed E-state index contributed by atoms with van der Waals surface area (Å²) in [7, 11) is 0. The summed E-state index contributed by atoms with van der Waals surface area (Å²) in [5.41, 5.74) is 18.7. The monoisotopic (exact) mass is 836 g/mol. The molecule has 0 aromatic heterocycles. The van der Waals surface area contributed by atoms with E-state index in [1.54, 1.807) is 0 Å². The zero-order valence-electron chi connectivity index (χ0n) is 35.7. The van der Waals surface area contributed by atoms with Gasteiger partial charge in [-0.25, -0.2) is 6.08 Å². The first-order valence-electron chi connectivity index (χ1n) is 19.4. The van der Waals surface area contributed by atoms with Crippen molar-refractivity contribution in [3.05, 3.63) is 152 Å². The molecule has 1 atom stereocenters. The predicted molar refractivity (Wildman–Crippen MR) is 224 cm³/mol. The Balaban J connectivity index is 0.000000288. The molecule has 1 unspecified atom stereocenters. The Kier molecular flexibility index (Phi) is 17.5. The van der Waals surface area contributed by atoms with E-state index in [0.717, 1.165) is 6.42 Å². The van der Waals surface area contributed by atoms with E-state index in [0.29, 0.717) is 11.3 Å². The molecular formula is C51H64Cl2Zr-2. The molecular weight excluding hydrogens is 775 g/mol. The van der Waals surface area contributed by atoms with Gasteiger partial charge in [-0.1, -0.05) is 130 Å². The van der Waals surface area contributed by atoms with Gasteiger partial charge in [0.1, 0.15) is 0 Å². The van der Waals surface area contributed by atoms with Gasteiger partial charge in [-0.05, 0) is 35.4 Å². The third-order valence-electron chi connectivity index (χ3n) is 10.3. The molecule has 288 valence electrons. The van der Waals surface area contributed by atoms with Crippen molar-refractivity contribution < 1.29 is 49.0 Å². The summed E-state index contributed by atoms with van der Waals surface area (Å²) in [6.45, 7) is 31.5. The number of benzene rings is 4. The first-order valence-corrected chi connectivity index (χ1v) is 20.7. The van der Waals surface area contributed by atoms with Crippen LogP contribution in [0, 0.1) is 51.2 Å². The number of hydrogen-bond donors (Lipinski definition) is 0. The van der Waals surface area contributed by atoms with Crippen LogP contribution >= 0.6 is 0 Å². The number of fused-ring (bicyclic) bond motifs is 3. The van der Waals surface area contributed by atoms with Crippen LogP contribution in [0.4, 0.5) is 0 Å². The smallest absolute Gasteiger partial charge is 1.00 e.